The first-order chi connectivity index (χ1) is 14.8. The lowest BCUT2D eigenvalue weighted by Gasteiger charge is -2.26. The first kappa shape index (κ1) is 21.0. The highest BCUT2D eigenvalue weighted by Crippen LogP contribution is 2.39. The number of aromatic nitrogens is 2. The standard InChI is InChI=1S/C22H26BN5O3/c1-12-8-16(9-17-13(2)14(3)23(30)31-20(12)17)26-22-18(21(25)29)11-28(27-22)19-7-5-4-6-15(19)10-24/h8-9,11,15,19,30H,4-7H2,1-3H3,(H2,25,29)(H,26,27). The Bertz CT molecular complexity index is 1120. The van der Waals surface area contributed by atoms with Crippen LogP contribution in [0.4, 0.5) is 11.5 Å². The van der Waals surface area contributed by atoms with Crippen LogP contribution < -0.4 is 15.7 Å². The molecule has 0 spiro atoms. The number of amides is 1. The van der Waals surface area contributed by atoms with Crippen molar-refractivity contribution in [3.05, 3.63) is 40.5 Å². The number of hydrogen-bond acceptors (Lipinski definition) is 6. The fourth-order valence-electron chi connectivity index (χ4n) is 4.43. The van der Waals surface area contributed by atoms with Crippen molar-refractivity contribution in [3.8, 4) is 11.8 Å². The van der Waals surface area contributed by atoms with E-state index in [-0.39, 0.29) is 17.5 Å². The Morgan fingerprint density at radius 1 is 1.35 bits per heavy atom. The normalized spacial score (nSPS) is 20.7. The molecule has 1 fully saturated rings. The Morgan fingerprint density at radius 2 is 2.10 bits per heavy atom. The van der Waals surface area contributed by atoms with Crippen LogP contribution in [-0.2, 0) is 0 Å². The van der Waals surface area contributed by atoms with Gasteiger partial charge in [0.05, 0.1) is 18.0 Å². The van der Waals surface area contributed by atoms with Gasteiger partial charge in [-0.25, -0.2) is 0 Å². The molecule has 2 aromatic rings. The Balaban J connectivity index is 1.71. The van der Waals surface area contributed by atoms with Gasteiger partial charge in [0.2, 0.25) is 0 Å². The van der Waals surface area contributed by atoms with Crippen LogP contribution in [0.2, 0.25) is 0 Å². The van der Waals surface area contributed by atoms with Crippen molar-refractivity contribution >= 4 is 30.1 Å². The Kier molecular flexibility index (Phi) is 5.50. The quantitative estimate of drug-likeness (QED) is 0.652. The summed E-state index contributed by atoms with van der Waals surface area (Å²) in [4.78, 5) is 12.1. The van der Waals surface area contributed by atoms with Crippen LogP contribution >= 0.6 is 0 Å². The first-order valence-corrected chi connectivity index (χ1v) is 10.5. The van der Waals surface area contributed by atoms with Gasteiger partial charge in [0.25, 0.3) is 5.91 Å². The smallest absolute Gasteiger partial charge is 0.532 e. The van der Waals surface area contributed by atoms with Crippen LogP contribution in [-0.4, -0.2) is 27.8 Å². The summed E-state index contributed by atoms with van der Waals surface area (Å²) >= 11 is 0. The zero-order valence-corrected chi connectivity index (χ0v) is 18.0. The molecule has 4 N–H and O–H groups in total. The lowest BCUT2D eigenvalue weighted by molar-refractivity contribution is 0.100. The van der Waals surface area contributed by atoms with Gasteiger partial charge in [-0.05, 0) is 62.4 Å². The van der Waals surface area contributed by atoms with Crippen LogP contribution in [0, 0.1) is 24.2 Å². The SMILES string of the molecule is CC1=C(C)c2cc(Nc3nn(C4CCCCC4C#N)cc3C(N)=O)cc(C)c2OB1O. The lowest BCUT2D eigenvalue weighted by atomic mass is 9.73. The van der Waals surface area contributed by atoms with Gasteiger partial charge in [0.15, 0.2) is 5.82 Å². The fourth-order valence-corrected chi connectivity index (χ4v) is 4.43. The molecule has 1 saturated carbocycles. The summed E-state index contributed by atoms with van der Waals surface area (Å²) in [6.07, 6.45) is 5.37. The summed E-state index contributed by atoms with van der Waals surface area (Å²) in [7, 11) is -0.953. The molecule has 1 aromatic heterocycles. The van der Waals surface area contributed by atoms with Crippen molar-refractivity contribution in [3.63, 3.8) is 0 Å². The Hall–Kier alpha value is -3.25. The number of fused-ring (bicyclic) bond motifs is 1. The van der Waals surface area contributed by atoms with Gasteiger partial charge in [-0.3, -0.25) is 9.48 Å². The molecule has 2 heterocycles. The van der Waals surface area contributed by atoms with E-state index in [9.17, 15) is 15.1 Å². The highest BCUT2D eigenvalue weighted by molar-refractivity contribution is 6.55. The molecule has 8 nitrogen and oxygen atoms in total. The maximum absolute atomic E-state index is 12.1. The van der Waals surface area contributed by atoms with Crippen molar-refractivity contribution < 1.29 is 14.5 Å². The van der Waals surface area contributed by atoms with Crippen LogP contribution in [0.1, 0.15) is 67.1 Å². The van der Waals surface area contributed by atoms with Crippen molar-refractivity contribution in [2.75, 3.05) is 5.32 Å². The third-order valence-electron chi connectivity index (χ3n) is 6.37. The molecule has 31 heavy (non-hydrogen) atoms. The van der Waals surface area contributed by atoms with E-state index >= 15 is 0 Å². The monoisotopic (exact) mass is 419 g/mol. The Labute approximate surface area is 181 Å². The van der Waals surface area contributed by atoms with Crippen molar-refractivity contribution in [2.45, 2.75) is 52.5 Å². The second kappa shape index (κ2) is 8.12. The number of hydrogen-bond donors (Lipinski definition) is 3. The number of benzene rings is 1. The molecule has 1 aromatic carbocycles. The highest BCUT2D eigenvalue weighted by atomic mass is 16.5. The summed E-state index contributed by atoms with van der Waals surface area (Å²) in [5, 5.41) is 27.5. The molecule has 0 saturated heterocycles. The Morgan fingerprint density at radius 3 is 2.81 bits per heavy atom. The third-order valence-corrected chi connectivity index (χ3v) is 6.37. The van der Waals surface area contributed by atoms with Crippen LogP contribution in [0.25, 0.3) is 5.57 Å². The minimum atomic E-state index is -0.953. The molecule has 2 atom stereocenters. The van der Waals surface area contributed by atoms with Gasteiger partial charge in [0, 0.05) is 17.4 Å². The topological polar surface area (TPSA) is 126 Å². The molecular weight excluding hydrogens is 393 g/mol. The maximum atomic E-state index is 12.1. The van der Waals surface area contributed by atoms with E-state index in [0.29, 0.717) is 11.6 Å². The number of nitrogens with one attached hydrogen (secondary N) is 1. The first-order valence-electron chi connectivity index (χ1n) is 10.5. The summed E-state index contributed by atoms with van der Waals surface area (Å²) < 4.78 is 7.38. The van der Waals surface area contributed by atoms with E-state index in [1.165, 1.54) is 0 Å². The van der Waals surface area contributed by atoms with Gasteiger partial charge in [0.1, 0.15) is 11.3 Å². The van der Waals surface area contributed by atoms with E-state index in [1.54, 1.807) is 10.9 Å². The van der Waals surface area contributed by atoms with Crippen LogP contribution in [0.3, 0.4) is 0 Å². The second-order valence-corrected chi connectivity index (χ2v) is 8.40. The molecule has 4 rings (SSSR count). The number of allylic oxidation sites excluding steroid dienone is 2. The van der Waals surface area contributed by atoms with Gasteiger partial charge in [-0.2, -0.15) is 10.4 Å². The lowest BCUT2D eigenvalue weighted by Crippen LogP contribution is -2.28. The van der Waals surface area contributed by atoms with E-state index in [4.69, 9.17) is 10.4 Å². The molecule has 1 aliphatic heterocycles. The molecule has 1 aliphatic carbocycles. The van der Waals surface area contributed by atoms with Crippen molar-refractivity contribution in [1.29, 1.82) is 5.26 Å². The number of nitrogens with two attached hydrogens (primary N) is 1. The zero-order valence-electron chi connectivity index (χ0n) is 18.0. The molecule has 0 bridgehead atoms. The maximum Gasteiger partial charge on any atom is 0.555 e. The number of rotatable bonds is 4. The van der Waals surface area contributed by atoms with Crippen LogP contribution in [0.15, 0.2) is 23.8 Å². The largest absolute Gasteiger partial charge is 0.555 e. The molecule has 9 heteroatoms. The predicted molar refractivity (Wildman–Crippen MR) is 119 cm³/mol. The minimum Gasteiger partial charge on any atom is -0.532 e. The van der Waals surface area contributed by atoms with E-state index in [2.05, 4.69) is 16.5 Å². The van der Waals surface area contributed by atoms with Crippen LogP contribution in [0.5, 0.6) is 5.75 Å². The average molecular weight is 419 g/mol. The number of anilines is 2. The zero-order chi connectivity index (χ0) is 22.3. The van der Waals surface area contributed by atoms with Gasteiger partial charge >= 0.3 is 7.12 Å². The summed E-state index contributed by atoms with van der Waals surface area (Å²) in [5.41, 5.74) is 10.1. The number of aryl methyl sites for hydroxylation is 1. The highest BCUT2D eigenvalue weighted by Gasteiger charge is 2.31. The number of nitriles is 1. The predicted octanol–water partition coefficient (Wildman–Crippen LogP) is 3.49. The van der Waals surface area contributed by atoms with Crippen molar-refractivity contribution in [1.82, 2.24) is 9.78 Å². The minimum absolute atomic E-state index is 0.0691. The number of nitrogens with zero attached hydrogens (tertiary/aromatic N) is 3. The third kappa shape index (κ3) is 3.79. The average Bonchev–Trinajstić information content (AvgIpc) is 3.17. The molecule has 160 valence electrons. The van der Waals surface area contributed by atoms with E-state index in [0.717, 1.165) is 53.5 Å². The van der Waals surface area contributed by atoms with Crippen molar-refractivity contribution in [2.24, 2.45) is 11.7 Å². The van der Waals surface area contributed by atoms with E-state index < -0.39 is 13.0 Å². The summed E-state index contributed by atoms with van der Waals surface area (Å²) in [5.74, 6) is 0.295. The molecular formula is C22H26BN5O3. The van der Waals surface area contributed by atoms with Gasteiger partial charge in [-0.15, -0.1) is 0 Å². The summed E-state index contributed by atoms with van der Waals surface area (Å²) in [6.45, 7) is 5.68. The molecule has 1 amide bonds. The summed E-state index contributed by atoms with van der Waals surface area (Å²) in [6, 6.07) is 6.10. The fraction of sp³-hybridized carbons (Fsp3) is 0.409. The van der Waals surface area contributed by atoms with Gasteiger partial charge < -0.3 is 20.7 Å². The molecule has 0 radical (unpaired) electrons. The number of carbonyl (C=O) groups excluding carboxylic acids is 1. The van der Waals surface area contributed by atoms with Gasteiger partial charge in [-0.1, -0.05) is 12.8 Å². The molecule has 2 aliphatic rings. The number of carbonyl (C=O) groups is 1. The van der Waals surface area contributed by atoms with E-state index in [1.807, 2.05) is 32.9 Å². The second-order valence-electron chi connectivity index (χ2n) is 8.40. The molecule has 2 unspecified atom stereocenters. The number of primary amides is 1.